The average Bonchev–Trinajstić information content (AvgIpc) is 2.91. The van der Waals surface area contributed by atoms with Crippen LogP contribution in [0.2, 0.25) is 0 Å². The number of aromatic nitrogens is 2. The molecule has 0 bridgehead atoms. The number of carbonyl (C=O) groups excluding carboxylic acids is 1. The Hall–Kier alpha value is -1.88. The monoisotopic (exact) mass is 315 g/mol. The molecule has 0 spiro atoms. The van der Waals surface area contributed by atoms with Crippen LogP contribution in [0, 0.1) is 6.92 Å². The van der Waals surface area contributed by atoms with Crippen LogP contribution in [-0.2, 0) is 16.0 Å². The van der Waals surface area contributed by atoms with Crippen LogP contribution in [0.3, 0.4) is 0 Å². The fourth-order valence-corrected chi connectivity index (χ4v) is 3.08. The van der Waals surface area contributed by atoms with Gasteiger partial charge in [-0.25, -0.2) is 4.68 Å². The predicted molar refractivity (Wildman–Crippen MR) is 90.3 cm³/mol. The number of aryl methyl sites for hydroxylation is 2. The molecule has 0 aliphatic carbocycles. The lowest BCUT2D eigenvalue weighted by molar-refractivity contribution is -0.128. The van der Waals surface area contributed by atoms with Gasteiger partial charge in [0, 0.05) is 38.9 Å². The van der Waals surface area contributed by atoms with Crippen molar-refractivity contribution >= 4 is 16.8 Å². The average molecular weight is 315 g/mol. The summed E-state index contributed by atoms with van der Waals surface area (Å²) in [6.07, 6.45) is 4.47. The van der Waals surface area contributed by atoms with Crippen molar-refractivity contribution in [3.63, 3.8) is 0 Å². The van der Waals surface area contributed by atoms with Crippen molar-refractivity contribution < 1.29 is 9.53 Å². The molecule has 5 nitrogen and oxygen atoms in total. The second-order valence-electron chi connectivity index (χ2n) is 6.52. The van der Waals surface area contributed by atoms with Crippen LogP contribution >= 0.6 is 0 Å². The topological polar surface area (TPSA) is 47.4 Å². The minimum Gasteiger partial charge on any atom is -0.356 e. The van der Waals surface area contributed by atoms with Gasteiger partial charge in [0.2, 0.25) is 5.91 Å². The van der Waals surface area contributed by atoms with Crippen LogP contribution in [0.4, 0.5) is 0 Å². The zero-order chi connectivity index (χ0) is 16.4. The lowest BCUT2D eigenvalue weighted by Gasteiger charge is -2.23. The molecule has 1 fully saturated rings. The fraction of sp³-hybridized carbons (Fsp3) is 0.556. The first-order chi connectivity index (χ1) is 11.1. The van der Waals surface area contributed by atoms with Gasteiger partial charge < -0.3 is 9.64 Å². The van der Waals surface area contributed by atoms with E-state index < -0.39 is 0 Å². The summed E-state index contributed by atoms with van der Waals surface area (Å²) in [5.41, 5.74) is 3.32. The number of hydrogen-bond acceptors (Lipinski definition) is 3. The molecule has 1 atom stereocenters. The van der Waals surface area contributed by atoms with Crippen molar-refractivity contribution in [2.24, 2.45) is 0 Å². The van der Waals surface area contributed by atoms with Gasteiger partial charge >= 0.3 is 0 Å². The summed E-state index contributed by atoms with van der Waals surface area (Å²) >= 11 is 0. The molecular formula is C18H25N3O2. The van der Waals surface area contributed by atoms with E-state index in [0.717, 1.165) is 36.0 Å². The number of amides is 1. The molecule has 1 unspecified atom stereocenters. The highest BCUT2D eigenvalue weighted by molar-refractivity contribution is 5.83. The van der Waals surface area contributed by atoms with Gasteiger partial charge in [0.25, 0.3) is 0 Å². The number of hydrogen-bond donors (Lipinski definition) is 0. The molecule has 2 heterocycles. The fourth-order valence-electron chi connectivity index (χ4n) is 3.08. The third-order valence-corrected chi connectivity index (χ3v) is 4.44. The summed E-state index contributed by atoms with van der Waals surface area (Å²) in [4.78, 5) is 13.5. The maximum atomic E-state index is 11.9. The van der Waals surface area contributed by atoms with Crippen molar-refractivity contribution in [3.8, 4) is 0 Å². The minimum atomic E-state index is 0.0198. The minimum absolute atomic E-state index is 0.0198. The van der Waals surface area contributed by atoms with Gasteiger partial charge in [0.15, 0.2) is 6.23 Å². The highest BCUT2D eigenvalue weighted by Crippen LogP contribution is 2.29. The molecule has 5 heteroatoms. The van der Waals surface area contributed by atoms with Crippen molar-refractivity contribution in [1.29, 1.82) is 0 Å². The third-order valence-electron chi connectivity index (χ3n) is 4.44. The highest BCUT2D eigenvalue weighted by Gasteiger charge is 2.21. The molecule has 0 radical (unpaired) electrons. The van der Waals surface area contributed by atoms with Gasteiger partial charge in [0.05, 0.1) is 11.2 Å². The second kappa shape index (κ2) is 6.71. The van der Waals surface area contributed by atoms with E-state index >= 15 is 0 Å². The van der Waals surface area contributed by atoms with Gasteiger partial charge in [0.1, 0.15) is 0 Å². The van der Waals surface area contributed by atoms with Crippen LogP contribution in [-0.4, -0.2) is 41.3 Å². The van der Waals surface area contributed by atoms with E-state index in [1.807, 2.05) is 4.68 Å². The summed E-state index contributed by atoms with van der Waals surface area (Å²) in [6, 6.07) is 6.39. The van der Waals surface area contributed by atoms with Crippen LogP contribution in [0.1, 0.15) is 43.2 Å². The SMILES string of the molecule is Cc1ccc2c(CCC(=O)N(C)C)nn(C3CCCCO3)c2c1. The Morgan fingerprint density at radius 3 is 2.91 bits per heavy atom. The molecular weight excluding hydrogens is 290 g/mol. The molecule has 3 rings (SSSR count). The molecule has 0 N–H and O–H groups in total. The van der Waals surface area contributed by atoms with Gasteiger partial charge in [-0.05, 0) is 37.8 Å². The first kappa shape index (κ1) is 16.0. The van der Waals surface area contributed by atoms with Gasteiger partial charge in [-0.3, -0.25) is 4.79 Å². The van der Waals surface area contributed by atoms with Crippen LogP contribution in [0.15, 0.2) is 18.2 Å². The number of benzene rings is 1. The largest absolute Gasteiger partial charge is 0.356 e. The van der Waals surface area contributed by atoms with Crippen molar-refractivity contribution in [3.05, 3.63) is 29.5 Å². The number of fused-ring (bicyclic) bond motifs is 1. The predicted octanol–water partition coefficient (Wildman–Crippen LogP) is 3.06. The Balaban J connectivity index is 1.93. The second-order valence-corrected chi connectivity index (χ2v) is 6.52. The van der Waals surface area contributed by atoms with Gasteiger partial charge in [-0.2, -0.15) is 5.10 Å². The lowest BCUT2D eigenvalue weighted by Crippen LogP contribution is -2.22. The van der Waals surface area contributed by atoms with Gasteiger partial charge in [-0.15, -0.1) is 0 Å². The third kappa shape index (κ3) is 3.39. The zero-order valence-corrected chi connectivity index (χ0v) is 14.2. The van der Waals surface area contributed by atoms with Crippen LogP contribution < -0.4 is 0 Å². The first-order valence-corrected chi connectivity index (χ1v) is 8.36. The molecule has 1 saturated heterocycles. The van der Waals surface area contributed by atoms with Gasteiger partial charge in [-0.1, -0.05) is 12.1 Å². The summed E-state index contributed by atoms with van der Waals surface area (Å²) in [5.74, 6) is 0.133. The first-order valence-electron chi connectivity index (χ1n) is 8.36. The van der Waals surface area contributed by atoms with Crippen molar-refractivity contribution in [2.45, 2.75) is 45.3 Å². The molecule has 1 aliphatic rings. The number of rotatable bonds is 4. The summed E-state index contributed by atoms with van der Waals surface area (Å²) in [5, 5.41) is 5.94. The molecule has 124 valence electrons. The Labute approximate surface area is 137 Å². The van der Waals surface area contributed by atoms with E-state index in [-0.39, 0.29) is 12.1 Å². The smallest absolute Gasteiger partial charge is 0.222 e. The number of nitrogens with zero attached hydrogens (tertiary/aromatic N) is 3. The quantitative estimate of drug-likeness (QED) is 0.871. The highest BCUT2D eigenvalue weighted by atomic mass is 16.5. The maximum absolute atomic E-state index is 11.9. The molecule has 0 saturated carbocycles. The lowest BCUT2D eigenvalue weighted by atomic mass is 10.1. The number of ether oxygens (including phenoxy) is 1. The van der Waals surface area contributed by atoms with Crippen LogP contribution in [0.25, 0.3) is 10.9 Å². The normalized spacial score (nSPS) is 18.3. The summed E-state index contributed by atoms with van der Waals surface area (Å²) in [7, 11) is 3.58. The Kier molecular flexibility index (Phi) is 4.66. The molecule has 1 aromatic carbocycles. The molecule has 1 amide bonds. The van der Waals surface area contributed by atoms with E-state index in [9.17, 15) is 4.79 Å². The van der Waals surface area contributed by atoms with E-state index in [1.165, 1.54) is 12.0 Å². The maximum Gasteiger partial charge on any atom is 0.222 e. The Morgan fingerprint density at radius 1 is 1.39 bits per heavy atom. The molecule has 1 aromatic heterocycles. The zero-order valence-electron chi connectivity index (χ0n) is 14.2. The summed E-state index contributed by atoms with van der Waals surface area (Å²) in [6.45, 7) is 2.89. The molecule has 2 aromatic rings. The standard InChI is InChI=1S/C18H25N3O2/c1-13-7-8-14-15(9-10-17(22)20(2)3)19-21(16(14)12-13)18-6-4-5-11-23-18/h7-8,12,18H,4-6,9-11H2,1-3H3. The number of carbonyl (C=O) groups is 1. The Morgan fingerprint density at radius 2 is 2.22 bits per heavy atom. The van der Waals surface area contributed by atoms with E-state index in [4.69, 9.17) is 9.84 Å². The Bertz CT molecular complexity index is 700. The molecule has 1 aliphatic heterocycles. The summed E-state index contributed by atoms with van der Waals surface area (Å²) < 4.78 is 7.94. The van der Waals surface area contributed by atoms with E-state index in [1.54, 1.807) is 19.0 Å². The van der Waals surface area contributed by atoms with Crippen molar-refractivity contribution in [2.75, 3.05) is 20.7 Å². The van der Waals surface area contributed by atoms with E-state index in [2.05, 4.69) is 25.1 Å². The molecule has 23 heavy (non-hydrogen) atoms. The van der Waals surface area contributed by atoms with E-state index in [0.29, 0.717) is 12.8 Å². The van der Waals surface area contributed by atoms with Crippen LogP contribution in [0.5, 0.6) is 0 Å². The van der Waals surface area contributed by atoms with Crippen molar-refractivity contribution in [1.82, 2.24) is 14.7 Å².